The van der Waals surface area contributed by atoms with Crippen molar-refractivity contribution in [3.63, 3.8) is 0 Å². The van der Waals surface area contributed by atoms with Crippen LogP contribution in [0.5, 0.6) is 0 Å². The summed E-state index contributed by atoms with van der Waals surface area (Å²) in [4.78, 5) is 22.9. The van der Waals surface area contributed by atoms with Gasteiger partial charge in [-0.3, -0.25) is 9.78 Å². The molecule has 1 aliphatic heterocycles. The number of nitrogens with one attached hydrogen (secondary N) is 2. The second-order valence-electron chi connectivity index (χ2n) is 6.30. The number of amides is 1. The van der Waals surface area contributed by atoms with Gasteiger partial charge in [0.1, 0.15) is 6.54 Å². The smallest absolute Gasteiger partial charge is 0.246 e. The number of carbonyl (C=O) groups is 1. The molecule has 1 aromatic heterocycles. The Bertz CT molecular complexity index is 739. The van der Waals surface area contributed by atoms with Crippen molar-refractivity contribution in [2.24, 2.45) is 4.99 Å². The van der Waals surface area contributed by atoms with Gasteiger partial charge in [0.15, 0.2) is 5.96 Å². The number of likely N-dealkylation sites (tertiary alicyclic amines) is 1. The number of halogens is 1. The second-order valence-corrected chi connectivity index (χ2v) is 6.30. The van der Waals surface area contributed by atoms with Crippen molar-refractivity contribution in [3.8, 4) is 0 Å². The summed E-state index contributed by atoms with van der Waals surface area (Å²) in [6, 6.07) is 14.2. The molecule has 2 heterocycles. The lowest BCUT2D eigenvalue weighted by Crippen LogP contribution is -2.40. The molecule has 1 aromatic carbocycles. The van der Waals surface area contributed by atoms with Crippen LogP contribution in [-0.4, -0.2) is 47.9 Å². The van der Waals surface area contributed by atoms with Crippen molar-refractivity contribution >= 4 is 41.5 Å². The molecule has 1 amide bonds. The Hall–Kier alpha value is -2.16. The minimum Gasteiger partial charge on any atom is -0.357 e. The van der Waals surface area contributed by atoms with Crippen LogP contribution in [0.15, 0.2) is 59.9 Å². The fraction of sp³-hybridized carbons (Fsp3) is 0.350. The van der Waals surface area contributed by atoms with Gasteiger partial charge in [0.25, 0.3) is 0 Å². The fourth-order valence-electron chi connectivity index (χ4n) is 3.16. The molecule has 144 valence electrons. The summed E-state index contributed by atoms with van der Waals surface area (Å²) >= 11 is 0. The van der Waals surface area contributed by atoms with Crippen molar-refractivity contribution in [1.82, 2.24) is 15.2 Å². The quantitative estimate of drug-likeness (QED) is 0.393. The summed E-state index contributed by atoms with van der Waals surface area (Å²) in [6.07, 6.45) is 4.39. The number of anilines is 1. The predicted molar refractivity (Wildman–Crippen MR) is 120 cm³/mol. The molecule has 0 bridgehead atoms. The fourth-order valence-corrected chi connectivity index (χ4v) is 3.16. The van der Waals surface area contributed by atoms with Gasteiger partial charge in [0, 0.05) is 31.7 Å². The molecule has 1 atom stereocenters. The first-order valence-corrected chi connectivity index (χ1v) is 9.04. The highest BCUT2D eigenvalue weighted by molar-refractivity contribution is 14.0. The number of aliphatic imine (C=N–C) groups is 1. The van der Waals surface area contributed by atoms with Crippen LogP contribution < -0.4 is 10.6 Å². The van der Waals surface area contributed by atoms with Gasteiger partial charge in [-0.2, -0.15) is 0 Å². The summed E-state index contributed by atoms with van der Waals surface area (Å²) in [5, 5.41) is 6.11. The van der Waals surface area contributed by atoms with Crippen LogP contribution in [0.4, 0.5) is 5.69 Å². The molecule has 3 rings (SSSR count). The van der Waals surface area contributed by atoms with Gasteiger partial charge in [0.05, 0.1) is 11.9 Å². The van der Waals surface area contributed by atoms with E-state index in [4.69, 9.17) is 0 Å². The molecule has 0 radical (unpaired) electrons. The van der Waals surface area contributed by atoms with Crippen LogP contribution in [-0.2, 0) is 4.79 Å². The summed E-state index contributed by atoms with van der Waals surface area (Å²) in [6.45, 7) is 4.75. The molecule has 2 N–H and O–H groups in total. The van der Waals surface area contributed by atoms with Crippen LogP contribution in [0.3, 0.4) is 0 Å². The van der Waals surface area contributed by atoms with Gasteiger partial charge in [-0.25, -0.2) is 4.99 Å². The zero-order valence-electron chi connectivity index (χ0n) is 15.5. The SMILES string of the molecule is CCNC(=NCC(=O)Nc1cccnc1)N1CCC(c2ccccc2)C1.I. The van der Waals surface area contributed by atoms with E-state index in [-0.39, 0.29) is 36.4 Å². The molecular formula is C20H26IN5O. The second kappa shape index (κ2) is 10.9. The number of benzene rings is 1. The molecular weight excluding hydrogens is 453 g/mol. The third kappa shape index (κ3) is 6.20. The number of aromatic nitrogens is 1. The molecule has 1 unspecified atom stereocenters. The van der Waals surface area contributed by atoms with E-state index in [9.17, 15) is 4.79 Å². The number of rotatable bonds is 5. The number of guanidine groups is 1. The minimum atomic E-state index is -0.146. The lowest BCUT2D eigenvalue weighted by atomic mass is 9.99. The van der Waals surface area contributed by atoms with Crippen molar-refractivity contribution in [3.05, 3.63) is 60.4 Å². The van der Waals surface area contributed by atoms with Crippen molar-refractivity contribution in [2.45, 2.75) is 19.3 Å². The third-order valence-electron chi connectivity index (χ3n) is 4.41. The Labute approximate surface area is 177 Å². The molecule has 0 spiro atoms. The molecule has 1 fully saturated rings. The highest BCUT2D eigenvalue weighted by atomic mass is 127. The largest absolute Gasteiger partial charge is 0.357 e. The van der Waals surface area contributed by atoms with Gasteiger partial charge < -0.3 is 15.5 Å². The lowest BCUT2D eigenvalue weighted by molar-refractivity contribution is -0.114. The third-order valence-corrected chi connectivity index (χ3v) is 4.41. The predicted octanol–water partition coefficient (Wildman–Crippen LogP) is 3.09. The Morgan fingerprint density at radius 1 is 1.26 bits per heavy atom. The van der Waals surface area contributed by atoms with Crippen LogP contribution in [0.1, 0.15) is 24.8 Å². The number of carbonyl (C=O) groups excluding carboxylic acids is 1. The monoisotopic (exact) mass is 479 g/mol. The number of hydrogen-bond donors (Lipinski definition) is 2. The van der Waals surface area contributed by atoms with Crippen LogP contribution in [0.25, 0.3) is 0 Å². The van der Waals surface area contributed by atoms with E-state index < -0.39 is 0 Å². The molecule has 1 aliphatic rings. The molecule has 0 saturated carbocycles. The van der Waals surface area contributed by atoms with E-state index in [1.54, 1.807) is 18.5 Å². The minimum absolute atomic E-state index is 0. The van der Waals surface area contributed by atoms with Gasteiger partial charge in [-0.1, -0.05) is 30.3 Å². The maximum Gasteiger partial charge on any atom is 0.246 e. The van der Waals surface area contributed by atoms with E-state index in [1.165, 1.54) is 5.56 Å². The highest BCUT2D eigenvalue weighted by Gasteiger charge is 2.25. The number of hydrogen-bond acceptors (Lipinski definition) is 3. The Kier molecular flexibility index (Phi) is 8.50. The van der Waals surface area contributed by atoms with E-state index in [0.717, 1.165) is 32.0 Å². The molecule has 7 heteroatoms. The molecule has 6 nitrogen and oxygen atoms in total. The van der Waals surface area contributed by atoms with E-state index in [0.29, 0.717) is 11.6 Å². The van der Waals surface area contributed by atoms with Crippen LogP contribution in [0.2, 0.25) is 0 Å². The maximum absolute atomic E-state index is 12.1. The zero-order valence-corrected chi connectivity index (χ0v) is 17.8. The number of nitrogens with zero attached hydrogens (tertiary/aromatic N) is 3. The van der Waals surface area contributed by atoms with E-state index in [1.807, 2.05) is 19.1 Å². The molecule has 1 saturated heterocycles. The standard InChI is InChI=1S/C20H25N5O.HI/c1-2-22-20(23-14-19(26)24-18-9-6-11-21-13-18)25-12-10-17(15-25)16-7-4-3-5-8-16;/h3-9,11,13,17H,2,10,12,14-15H2,1H3,(H,22,23)(H,24,26);1H. The first-order chi connectivity index (χ1) is 12.8. The first kappa shape index (κ1) is 21.1. The average molecular weight is 479 g/mol. The van der Waals surface area contributed by atoms with Gasteiger partial charge in [-0.05, 0) is 31.0 Å². The summed E-state index contributed by atoms with van der Waals surface area (Å²) in [5.41, 5.74) is 2.04. The van der Waals surface area contributed by atoms with E-state index in [2.05, 4.69) is 49.8 Å². The Morgan fingerprint density at radius 2 is 2.07 bits per heavy atom. The van der Waals surface area contributed by atoms with Crippen molar-refractivity contribution in [1.29, 1.82) is 0 Å². The van der Waals surface area contributed by atoms with Crippen LogP contribution >= 0.6 is 24.0 Å². The highest BCUT2D eigenvalue weighted by Crippen LogP contribution is 2.26. The summed E-state index contributed by atoms with van der Waals surface area (Å²) in [7, 11) is 0. The molecule has 2 aromatic rings. The average Bonchev–Trinajstić information content (AvgIpc) is 3.17. The van der Waals surface area contributed by atoms with Gasteiger partial charge in [-0.15, -0.1) is 24.0 Å². The van der Waals surface area contributed by atoms with Crippen molar-refractivity contribution < 1.29 is 4.79 Å². The zero-order chi connectivity index (χ0) is 18.2. The maximum atomic E-state index is 12.1. The normalized spacial score (nSPS) is 16.6. The molecule has 27 heavy (non-hydrogen) atoms. The van der Waals surface area contributed by atoms with Gasteiger partial charge >= 0.3 is 0 Å². The summed E-state index contributed by atoms with van der Waals surface area (Å²) < 4.78 is 0. The van der Waals surface area contributed by atoms with Crippen molar-refractivity contribution in [2.75, 3.05) is 31.5 Å². The van der Waals surface area contributed by atoms with Crippen LogP contribution in [0, 0.1) is 0 Å². The van der Waals surface area contributed by atoms with E-state index >= 15 is 0 Å². The van der Waals surface area contributed by atoms with Gasteiger partial charge in [0.2, 0.25) is 5.91 Å². The lowest BCUT2D eigenvalue weighted by Gasteiger charge is -2.21. The Morgan fingerprint density at radius 3 is 2.78 bits per heavy atom. The Balaban J connectivity index is 0.00000261. The topological polar surface area (TPSA) is 69.6 Å². The number of pyridine rings is 1. The first-order valence-electron chi connectivity index (χ1n) is 9.04. The summed E-state index contributed by atoms with van der Waals surface area (Å²) in [5.74, 6) is 1.16. The molecule has 0 aliphatic carbocycles.